The summed E-state index contributed by atoms with van der Waals surface area (Å²) < 4.78 is 0. The van der Waals surface area contributed by atoms with E-state index in [0.717, 1.165) is 24.1 Å². The molecule has 2 heterocycles. The summed E-state index contributed by atoms with van der Waals surface area (Å²) in [5.74, 6) is 0. The molecule has 0 aliphatic carbocycles. The SMILES string of the molecule is CN1CCCc2cc(C(O)Cc3ccncc3Cl)ccc21. The lowest BCUT2D eigenvalue weighted by molar-refractivity contribution is 0.178. The zero-order valence-electron chi connectivity index (χ0n) is 12.1. The minimum Gasteiger partial charge on any atom is -0.388 e. The van der Waals surface area contributed by atoms with E-state index in [-0.39, 0.29) is 0 Å². The highest BCUT2D eigenvalue weighted by atomic mass is 35.5. The molecule has 0 fully saturated rings. The molecular formula is C17H19ClN2O. The maximum Gasteiger partial charge on any atom is 0.0831 e. The molecule has 1 atom stereocenters. The summed E-state index contributed by atoms with van der Waals surface area (Å²) in [5, 5.41) is 11.1. The lowest BCUT2D eigenvalue weighted by Gasteiger charge is -2.28. The van der Waals surface area contributed by atoms with E-state index in [1.165, 1.54) is 17.7 Å². The van der Waals surface area contributed by atoms with Crippen LogP contribution in [-0.4, -0.2) is 23.7 Å². The summed E-state index contributed by atoms with van der Waals surface area (Å²) in [6, 6.07) is 8.12. The highest BCUT2D eigenvalue weighted by Crippen LogP contribution is 2.30. The predicted octanol–water partition coefficient (Wildman–Crippen LogP) is 3.39. The molecular weight excluding hydrogens is 284 g/mol. The lowest BCUT2D eigenvalue weighted by Crippen LogP contribution is -2.24. The molecule has 110 valence electrons. The smallest absolute Gasteiger partial charge is 0.0831 e. The average Bonchev–Trinajstić information content (AvgIpc) is 2.49. The number of nitrogens with zero attached hydrogens (tertiary/aromatic N) is 2. The average molecular weight is 303 g/mol. The number of rotatable bonds is 3. The van der Waals surface area contributed by atoms with Crippen LogP contribution in [0.5, 0.6) is 0 Å². The number of anilines is 1. The molecule has 0 saturated carbocycles. The number of hydrogen-bond donors (Lipinski definition) is 1. The van der Waals surface area contributed by atoms with Gasteiger partial charge < -0.3 is 10.0 Å². The normalized spacial score (nSPS) is 15.7. The number of pyridine rings is 1. The molecule has 4 heteroatoms. The van der Waals surface area contributed by atoms with Gasteiger partial charge in [0.25, 0.3) is 0 Å². The van der Waals surface area contributed by atoms with Gasteiger partial charge in [-0.2, -0.15) is 0 Å². The van der Waals surface area contributed by atoms with Crippen LogP contribution in [-0.2, 0) is 12.8 Å². The van der Waals surface area contributed by atoms with Crippen molar-refractivity contribution in [3.63, 3.8) is 0 Å². The highest BCUT2D eigenvalue weighted by Gasteiger charge is 2.17. The van der Waals surface area contributed by atoms with E-state index in [1.54, 1.807) is 12.4 Å². The topological polar surface area (TPSA) is 36.4 Å². The van der Waals surface area contributed by atoms with Crippen molar-refractivity contribution in [2.75, 3.05) is 18.5 Å². The zero-order valence-corrected chi connectivity index (χ0v) is 12.8. The van der Waals surface area contributed by atoms with E-state index < -0.39 is 6.10 Å². The van der Waals surface area contributed by atoms with Crippen LogP contribution in [0, 0.1) is 0 Å². The first-order chi connectivity index (χ1) is 10.1. The molecule has 1 aliphatic rings. The second-order valence-electron chi connectivity index (χ2n) is 5.60. The maximum absolute atomic E-state index is 10.5. The number of halogens is 1. The van der Waals surface area contributed by atoms with Crippen molar-refractivity contribution in [1.29, 1.82) is 0 Å². The molecule has 1 unspecified atom stereocenters. The van der Waals surface area contributed by atoms with Crippen molar-refractivity contribution in [3.8, 4) is 0 Å². The Morgan fingerprint density at radius 1 is 1.38 bits per heavy atom. The Kier molecular flexibility index (Phi) is 4.13. The largest absolute Gasteiger partial charge is 0.388 e. The Morgan fingerprint density at radius 3 is 3.05 bits per heavy atom. The fraction of sp³-hybridized carbons (Fsp3) is 0.353. The third kappa shape index (κ3) is 3.04. The first kappa shape index (κ1) is 14.4. The molecule has 21 heavy (non-hydrogen) atoms. The fourth-order valence-corrected chi connectivity index (χ4v) is 3.10. The van der Waals surface area contributed by atoms with Crippen molar-refractivity contribution >= 4 is 17.3 Å². The monoisotopic (exact) mass is 302 g/mol. The third-order valence-electron chi connectivity index (χ3n) is 4.11. The minimum absolute atomic E-state index is 0.510. The number of benzene rings is 1. The first-order valence-electron chi connectivity index (χ1n) is 7.25. The molecule has 0 spiro atoms. The first-order valence-corrected chi connectivity index (χ1v) is 7.63. The summed E-state index contributed by atoms with van der Waals surface area (Å²) in [7, 11) is 2.12. The van der Waals surface area contributed by atoms with E-state index in [2.05, 4.69) is 29.1 Å². The van der Waals surface area contributed by atoms with E-state index in [0.29, 0.717) is 11.4 Å². The molecule has 0 bridgehead atoms. The van der Waals surface area contributed by atoms with Crippen LogP contribution in [0.3, 0.4) is 0 Å². The van der Waals surface area contributed by atoms with E-state index in [4.69, 9.17) is 11.6 Å². The van der Waals surface area contributed by atoms with Gasteiger partial charge in [-0.1, -0.05) is 23.7 Å². The quantitative estimate of drug-likeness (QED) is 0.944. The van der Waals surface area contributed by atoms with Gasteiger partial charge in [-0.05, 0) is 41.7 Å². The second kappa shape index (κ2) is 6.04. The molecule has 1 aliphatic heterocycles. The molecule has 0 amide bonds. The molecule has 2 aromatic rings. The Balaban J connectivity index is 1.82. The van der Waals surface area contributed by atoms with Gasteiger partial charge in [0.2, 0.25) is 0 Å². The van der Waals surface area contributed by atoms with Gasteiger partial charge in [0.05, 0.1) is 11.1 Å². The van der Waals surface area contributed by atoms with Crippen LogP contribution >= 0.6 is 11.6 Å². The molecule has 3 nitrogen and oxygen atoms in total. The van der Waals surface area contributed by atoms with E-state index in [1.807, 2.05) is 12.1 Å². The van der Waals surface area contributed by atoms with Crippen molar-refractivity contribution in [1.82, 2.24) is 4.98 Å². The van der Waals surface area contributed by atoms with Crippen LogP contribution in [0.25, 0.3) is 0 Å². The Labute approximate surface area is 130 Å². The van der Waals surface area contributed by atoms with Gasteiger partial charge in [0.15, 0.2) is 0 Å². The van der Waals surface area contributed by atoms with E-state index in [9.17, 15) is 5.11 Å². The molecule has 1 aromatic carbocycles. The number of fused-ring (bicyclic) bond motifs is 1. The van der Waals surface area contributed by atoms with Gasteiger partial charge in [0, 0.05) is 38.1 Å². The lowest BCUT2D eigenvalue weighted by atomic mass is 9.95. The fourth-order valence-electron chi connectivity index (χ4n) is 2.91. The summed E-state index contributed by atoms with van der Waals surface area (Å²) in [6.07, 6.45) is 5.54. The third-order valence-corrected chi connectivity index (χ3v) is 4.45. The number of hydrogen-bond acceptors (Lipinski definition) is 3. The van der Waals surface area contributed by atoms with Crippen LogP contribution in [0.2, 0.25) is 5.02 Å². The van der Waals surface area contributed by atoms with Gasteiger partial charge in [0.1, 0.15) is 0 Å². The van der Waals surface area contributed by atoms with Crippen LogP contribution in [0.15, 0.2) is 36.7 Å². The van der Waals surface area contributed by atoms with E-state index >= 15 is 0 Å². The van der Waals surface area contributed by atoms with Crippen molar-refractivity contribution in [3.05, 3.63) is 58.4 Å². The van der Waals surface area contributed by atoms with Crippen LogP contribution < -0.4 is 4.90 Å². The van der Waals surface area contributed by atoms with Crippen molar-refractivity contribution in [2.24, 2.45) is 0 Å². The second-order valence-corrected chi connectivity index (χ2v) is 6.01. The van der Waals surface area contributed by atoms with Gasteiger partial charge in [-0.15, -0.1) is 0 Å². The minimum atomic E-state index is -0.539. The maximum atomic E-state index is 10.5. The molecule has 0 saturated heterocycles. The van der Waals surface area contributed by atoms with Crippen LogP contribution in [0.1, 0.15) is 29.2 Å². The van der Waals surface area contributed by atoms with Gasteiger partial charge in [-0.25, -0.2) is 0 Å². The number of aryl methyl sites for hydroxylation is 1. The Bertz CT molecular complexity index is 644. The predicted molar refractivity (Wildman–Crippen MR) is 85.9 cm³/mol. The van der Waals surface area contributed by atoms with Crippen molar-refractivity contribution in [2.45, 2.75) is 25.4 Å². The summed E-state index contributed by atoms with van der Waals surface area (Å²) in [6.45, 7) is 1.10. The van der Waals surface area contributed by atoms with Gasteiger partial charge in [-0.3, -0.25) is 4.98 Å². The van der Waals surface area contributed by atoms with Crippen molar-refractivity contribution < 1.29 is 5.11 Å². The van der Waals surface area contributed by atoms with Crippen LogP contribution in [0.4, 0.5) is 5.69 Å². The molecule has 1 aromatic heterocycles. The summed E-state index contributed by atoms with van der Waals surface area (Å²) in [5.41, 5.74) is 4.48. The Morgan fingerprint density at radius 2 is 2.24 bits per heavy atom. The number of aliphatic hydroxyl groups is 1. The molecule has 3 rings (SSSR count). The number of aliphatic hydroxyl groups excluding tert-OH is 1. The summed E-state index contributed by atoms with van der Waals surface area (Å²) in [4.78, 5) is 6.24. The summed E-state index contributed by atoms with van der Waals surface area (Å²) >= 11 is 6.11. The molecule has 1 N–H and O–H groups in total. The molecule has 0 radical (unpaired) electrons. The number of aromatic nitrogens is 1. The highest BCUT2D eigenvalue weighted by molar-refractivity contribution is 6.31. The van der Waals surface area contributed by atoms with Gasteiger partial charge >= 0.3 is 0 Å². The zero-order chi connectivity index (χ0) is 14.8. The standard InChI is InChI=1S/C17H19ClN2O/c1-20-8-2-3-13-9-14(4-5-16(13)20)17(21)10-12-6-7-19-11-15(12)18/h4-7,9,11,17,21H,2-3,8,10H2,1H3. The Hall–Kier alpha value is -1.58.